The van der Waals surface area contributed by atoms with Gasteiger partial charge >= 0.3 is 0 Å². The van der Waals surface area contributed by atoms with E-state index in [1.807, 2.05) is 12.1 Å². The summed E-state index contributed by atoms with van der Waals surface area (Å²) in [4.78, 5) is 12.4. The molecule has 5 nitrogen and oxygen atoms in total. The Labute approximate surface area is 153 Å². The first-order valence-corrected chi connectivity index (χ1v) is 9.40. The average Bonchev–Trinajstić information content (AvgIpc) is 2.47. The minimum atomic E-state index is -3.64. The molecule has 0 fully saturated rings. The van der Waals surface area contributed by atoms with Crippen molar-refractivity contribution >= 4 is 55.8 Å². The maximum atomic E-state index is 12.4. The lowest BCUT2D eigenvalue weighted by molar-refractivity contribution is 0.102. The van der Waals surface area contributed by atoms with E-state index < -0.39 is 15.9 Å². The third kappa shape index (κ3) is 4.23. The third-order valence-corrected chi connectivity index (χ3v) is 5.86. The highest BCUT2D eigenvalue weighted by Crippen LogP contribution is 2.23. The van der Waals surface area contributed by atoms with E-state index in [1.54, 1.807) is 12.1 Å². The predicted molar refractivity (Wildman–Crippen MR) is 99.4 cm³/mol. The summed E-state index contributed by atoms with van der Waals surface area (Å²) in [6.07, 6.45) is 0. The summed E-state index contributed by atoms with van der Waals surface area (Å²) in [7, 11) is -0.783. The summed E-state index contributed by atoms with van der Waals surface area (Å²) in [6.45, 7) is 0. The van der Waals surface area contributed by atoms with Crippen LogP contribution in [0.3, 0.4) is 0 Å². The van der Waals surface area contributed by atoms with Gasteiger partial charge in [0.25, 0.3) is 5.91 Å². The van der Waals surface area contributed by atoms with Crippen molar-refractivity contribution in [3.63, 3.8) is 0 Å². The molecule has 0 radical (unpaired) electrons. The van der Waals surface area contributed by atoms with Crippen LogP contribution in [-0.2, 0) is 10.0 Å². The quantitative estimate of drug-likeness (QED) is 0.705. The second-order valence-electron chi connectivity index (χ2n) is 4.89. The average molecular weight is 465 g/mol. The first-order chi connectivity index (χ1) is 10.7. The van der Waals surface area contributed by atoms with Crippen LogP contribution < -0.4 is 5.32 Å². The molecular weight excluding hydrogens is 451 g/mol. The molecule has 0 spiro atoms. The molecule has 1 amide bonds. The van der Waals surface area contributed by atoms with Gasteiger partial charge in [-0.1, -0.05) is 17.7 Å². The Hall–Kier alpha value is -1.16. The van der Waals surface area contributed by atoms with Gasteiger partial charge in [0, 0.05) is 23.4 Å². The molecule has 122 valence electrons. The van der Waals surface area contributed by atoms with E-state index in [-0.39, 0.29) is 15.5 Å². The van der Waals surface area contributed by atoms with Crippen molar-refractivity contribution in [1.82, 2.24) is 4.31 Å². The molecular formula is C15H14ClIN2O3S. The molecule has 2 aromatic carbocycles. The Morgan fingerprint density at radius 1 is 1.17 bits per heavy atom. The third-order valence-electron chi connectivity index (χ3n) is 3.04. The molecule has 0 aromatic heterocycles. The highest BCUT2D eigenvalue weighted by molar-refractivity contribution is 14.1. The van der Waals surface area contributed by atoms with Crippen LogP contribution >= 0.6 is 34.2 Å². The monoisotopic (exact) mass is 464 g/mol. The Morgan fingerprint density at radius 3 is 2.48 bits per heavy atom. The number of hydrogen-bond acceptors (Lipinski definition) is 3. The molecule has 0 heterocycles. The zero-order valence-electron chi connectivity index (χ0n) is 12.4. The van der Waals surface area contributed by atoms with E-state index in [4.69, 9.17) is 11.6 Å². The summed E-state index contributed by atoms with van der Waals surface area (Å²) in [5.41, 5.74) is 0.715. The second kappa shape index (κ2) is 7.16. The zero-order chi connectivity index (χ0) is 17.2. The highest BCUT2D eigenvalue weighted by atomic mass is 127. The number of nitrogens with one attached hydrogen (secondary N) is 1. The number of rotatable bonds is 4. The van der Waals surface area contributed by atoms with Crippen molar-refractivity contribution in [3.05, 3.63) is 56.6 Å². The van der Waals surface area contributed by atoms with Crippen molar-refractivity contribution in [2.24, 2.45) is 0 Å². The number of carbonyl (C=O) groups is 1. The lowest BCUT2D eigenvalue weighted by atomic mass is 10.2. The Bertz CT molecular complexity index is 854. The molecule has 0 saturated carbocycles. The topological polar surface area (TPSA) is 66.5 Å². The van der Waals surface area contributed by atoms with Crippen molar-refractivity contribution < 1.29 is 13.2 Å². The minimum Gasteiger partial charge on any atom is -0.322 e. The van der Waals surface area contributed by atoms with Crippen LogP contribution in [0.5, 0.6) is 0 Å². The van der Waals surface area contributed by atoms with Gasteiger partial charge in [-0.2, -0.15) is 0 Å². The number of sulfonamides is 1. The fourth-order valence-corrected chi connectivity index (χ4v) is 3.49. The number of nitrogens with zero attached hydrogens (tertiary/aromatic N) is 1. The standard InChI is InChI=1S/C15H14ClIN2O3S/c1-19(2)23(21,22)12-6-7-14(16)13(9-12)15(20)18-11-5-3-4-10(17)8-11/h3-9H,1-2H3,(H,18,20). The van der Waals surface area contributed by atoms with Crippen LogP contribution in [0.4, 0.5) is 5.69 Å². The summed E-state index contributed by atoms with van der Waals surface area (Å²) < 4.78 is 26.4. The molecule has 23 heavy (non-hydrogen) atoms. The smallest absolute Gasteiger partial charge is 0.257 e. The number of amides is 1. The highest BCUT2D eigenvalue weighted by Gasteiger charge is 2.20. The molecule has 0 aliphatic heterocycles. The fraction of sp³-hybridized carbons (Fsp3) is 0.133. The van der Waals surface area contributed by atoms with Crippen LogP contribution in [0.1, 0.15) is 10.4 Å². The summed E-state index contributed by atoms with van der Waals surface area (Å²) >= 11 is 8.18. The number of benzene rings is 2. The molecule has 8 heteroatoms. The molecule has 0 saturated heterocycles. The fourth-order valence-electron chi connectivity index (χ4n) is 1.81. The van der Waals surface area contributed by atoms with E-state index in [0.717, 1.165) is 7.88 Å². The number of carbonyl (C=O) groups excluding carboxylic acids is 1. The number of hydrogen-bond donors (Lipinski definition) is 1. The summed E-state index contributed by atoms with van der Waals surface area (Å²) in [5, 5.41) is 2.90. The van der Waals surface area contributed by atoms with Crippen LogP contribution in [0.25, 0.3) is 0 Å². The number of anilines is 1. The van der Waals surface area contributed by atoms with Gasteiger partial charge in [-0.3, -0.25) is 4.79 Å². The van der Waals surface area contributed by atoms with Crippen LogP contribution in [0.2, 0.25) is 5.02 Å². The summed E-state index contributed by atoms with van der Waals surface area (Å²) in [6, 6.07) is 11.3. The molecule has 0 unspecified atom stereocenters. The molecule has 2 aromatic rings. The van der Waals surface area contributed by atoms with Crippen LogP contribution in [-0.4, -0.2) is 32.7 Å². The van der Waals surface area contributed by atoms with Gasteiger partial charge < -0.3 is 5.32 Å². The lowest BCUT2D eigenvalue weighted by Gasteiger charge is -2.13. The Morgan fingerprint density at radius 2 is 1.87 bits per heavy atom. The number of halogens is 2. The largest absolute Gasteiger partial charge is 0.322 e. The Balaban J connectivity index is 2.37. The molecule has 0 aliphatic carbocycles. The molecule has 2 rings (SSSR count). The van der Waals surface area contributed by atoms with Gasteiger partial charge in [-0.05, 0) is 59.0 Å². The van der Waals surface area contributed by atoms with Gasteiger partial charge in [-0.15, -0.1) is 0 Å². The van der Waals surface area contributed by atoms with Crippen molar-refractivity contribution in [2.45, 2.75) is 4.90 Å². The van der Waals surface area contributed by atoms with Crippen LogP contribution in [0, 0.1) is 3.57 Å². The van der Waals surface area contributed by atoms with E-state index in [9.17, 15) is 13.2 Å². The lowest BCUT2D eigenvalue weighted by Crippen LogP contribution is -2.23. The van der Waals surface area contributed by atoms with Gasteiger partial charge in [0.15, 0.2) is 0 Å². The van der Waals surface area contributed by atoms with Crippen LogP contribution in [0.15, 0.2) is 47.4 Å². The predicted octanol–water partition coefficient (Wildman–Crippen LogP) is 3.45. The van der Waals surface area contributed by atoms with Crippen molar-refractivity contribution in [2.75, 3.05) is 19.4 Å². The van der Waals surface area contributed by atoms with E-state index >= 15 is 0 Å². The van der Waals surface area contributed by atoms with Crippen molar-refractivity contribution in [3.8, 4) is 0 Å². The first kappa shape index (κ1) is 18.2. The van der Waals surface area contributed by atoms with Gasteiger partial charge in [0.2, 0.25) is 10.0 Å². The van der Waals surface area contributed by atoms with Gasteiger partial charge in [0.1, 0.15) is 0 Å². The summed E-state index contributed by atoms with van der Waals surface area (Å²) in [5.74, 6) is -0.465. The molecule has 1 N–H and O–H groups in total. The second-order valence-corrected chi connectivity index (χ2v) is 8.70. The van der Waals surface area contributed by atoms with Crippen molar-refractivity contribution in [1.29, 1.82) is 0 Å². The normalized spacial score (nSPS) is 11.5. The molecule has 0 atom stereocenters. The minimum absolute atomic E-state index is 0.0136. The van der Waals surface area contributed by atoms with E-state index in [0.29, 0.717) is 5.69 Å². The van der Waals surface area contributed by atoms with E-state index in [2.05, 4.69) is 27.9 Å². The first-order valence-electron chi connectivity index (χ1n) is 6.51. The maximum absolute atomic E-state index is 12.4. The molecule has 0 aliphatic rings. The van der Waals surface area contributed by atoms with Gasteiger partial charge in [0.05, 0.1) is 15.5 Å². The van der Waals surface area contributed by atoms with Gasteiger partial charge in [-0.25, -0.2) is 12.7 Å². The van der Waals surface area contributed by atoms with E-state index in [1.165, 1.54) is 32.3 Å². The SMILES string of the molecule is CN(C)S(=O)(=O)c1ccc(Cl)c(C(=O)Nc2cccc(I)c2)c1. The maximum Gasteiger partial charge on any atom is 0.257 e. The molecule has 0 bridgehead atoms. The Kier molecular flexibility index (Phi) is 5.66. The zero-order valence-corrected chi connectivity index (χ0v) is 16.1.